The van der Waals surface area contributed by atoms with Gasteiger partial charge in [0.1, 0.15) is 5.57 Å². The molecule has 1 N–H and O–H groups in total. The lowest BCUT2D eigenvalue weighted by Crippen LogP contribution is -2.39. The van der Waals surface area contributed by atoms with Crippen LogP contribution in [0, 0.1) is 0 Å². The fourth-order valence-corrected chi connectivity index (χ4v) is 4.31. The Labute approximate surface area is 203 Å². The molecular formula is C26H28ClN4O3+. The number of aromatic amines is 1. The van der Waals surface area contributed by atoms with Crippen LogP contribution in [0.4, 0.5) is 0 Å². The van der Waals surface area contributed by atoms with Crippen LogP contribution in [0.3, 0.4) is 0 Å². The van der Waals surface area contributed by atoms with Crippen molar-refractivity contribution in [3.05, 3.63) is 81.0 Å². The van der Waals surface area contributed by atoms with Gasteiger partial charge in [-0.25, -0.2) is 4.68 Å². The van der Waals surface area contributed by atoms with Crippen LogP contribution in [-0.2, 0) is 16.0 Å². The molecule has 3 heterocycles. The SMILES string of the molecule is CCCN1C(=O)C(c2c(C(C)C)[nH]n(-c3ccc(Cl)cc3)c2=O)=C([n+]2ccc(CC)cc2)C1=O. The minimum absolute atomic E-state index is 0.0967. The highest BCUT2D eigenvalue weighted by Gasteiger charge is 2.47. The monoisotopic (exact) mass is 479 g/mol. The summed E-state index contributed by atoms with van der Waals surface area (Å²) >= 11 is 6.02. The zero-order valence-corrected chi connectivity index (χ0v) is 20.5. The van der Waals surface area contributed by atoms with Gasteiger partial charge in [0, 0.05) is 29.4 Å². The molecular weight excluding hydrogens is 452 g/mol. The normalized spacial score (nSPS) is 14.1. The first kappa shape index (κ1) is 23.7. The summed E-state index contributed by atoms with van der Waals surface area (Å²) in [6, 6.07) is 10.7. The molecule has 0 atom stereocenters. The fourth-order valence-electron chi connectivity index (χ4n) is 4.18. The Kier molecular flexibility index (Phi) is 6.57. The Balaban J connectivity index is 2.00. The third-order valence-electron chi connectivity index (χ3n) is 5.99. The fraction of sp³-hybridized carbons (Fsp3) is 0.308. The first-order chi connectivity index (χ1) is 16.3. The van der Waals surface area contributed by atoms with E-state index < -0.39 is 11.8 Å². The van der Waals surface area contributed by atoms with Gasteiger partial charge in [-0.2, -0.15) is 4.57 Å². The highest BCUT2D eigenvalue weighted by atomic mass is 35.5. The molecule has 0 spiro atoms. The molecule has 0 aliphatic carbocycles. The van der Waals surface area contributed by atoms with Gasteiger partial charge in [0.15, 0.2) is 12.4 Å². The van der Waals surface area contributed by atoms with Crippen molar-refractivity contribution in [1.82, 2.24) is 14.7 Å². The van der Waals surface area contributed by atoms with Crippen molar-refractivity contribution in [1.29, 1.82) is 0 Å². The molecule has 0 bridgehead atoms. The number of aromatic nitrogens is 3. The first-order valence-electron chi connectivity index (χ1n) is 11.5. The second-order valence-corrected chi connectivity index (χ2v) is 9.06. The van der Waals surface area contributed by atoms with Crippen LogP contribution in [0.5, 0.6) is 0 Å². The van der Waals surface area contributed by atoms with Gasteiger partial charge in [0.2, 0.25) is 0 Å². The number of carbonyl (C=O) groups is 2. The number of rotatable bonds is 7. The van der Waals surface area contributed by atoms with Gasteiger partial charge in [0.25, 0.3) is 17.2 Å². The first-order valence-corrected chi connectivity index (χ1v) is 11.9. The smallest absolute Gasteiger partial charge is 0.294 e. The van der Waals surface area contributed by atoms with E-state index in [2.05, 4.69) is 5.10 Å². The number of pyridine rings is 1. The molecule has 34 heavy (non-hydrogen) atoms. The summed E-state index contributed by atoms with van der Waals surface area (Å²) in [6.45, 7) is 8.12. The van der Waals surface area contributed by atoms with E-state index in [1.807, 2.05) is 39.8 Å². The predicted molar refractivity (Wildman–Crippen MR) is 132 cm³/mol. The highest BCUT2D eigenvalue weighted by Crippen LogP contribution is 2.32. The van der Waals surface area contributed by atoms with Crippen LogP contribution in [0.15, 0.2) is 53.6 Å². The van der Waals surface area contributed by atoms with E-state index in [0.29, 0.717) is 22.8 Å². The number of H-pyrrole nitrogens is 1. The molecule has 1 aliphatic rings. The number of imide groups is 1. The second-order valence-electron chi connectivity index (χ2n) is 8.62. The number of hydrogen-bond donors (Lipinski definition) is 1. The van der Waals surface area contributed by atoms with Crippen molar-refractivity contribution in [3.8, 4) is 5.69 Å². The Bertz CT molecular complexity index is 1330. The van der Waals surface area contributed by atoms with Gasteiger partial charge in [-0.05, 0) is 48.6 Å². The third-order valence-corrected chi connectivity index (χ3v) is 6.24. The topological polar surface area (TPSA) is 79.1 Å². The van der Waals surface area contributed by atoms with Crippen LogP contribution in [0.2, 0.25) is 5.02 Å². The largest absolute Gasteiger partial charge is 0.326 e. The standard InChI is InChI=1S/C26H27ClN4O3/c1-5-13-30-24(32)21(23(26(30)34)29-14-11-17(6-2)12-15-29)20-22(16(3)4)28-31(25(20)33)19-9-7-18(27)8-10-19/h7-12,14-16H,5-6,13H2,1-4H3/p+1. The second kappa shape index (κ2) is 9.43. The lowest BCUT2D eigenvalue weighted by molar-refractivity contribution is -0.577. The van der Waals surface area contributed by atoms with Crippen molar-refractivity contribution >= 4 is 34.7 Å². The van der Waals surface area contributed by atoms with Gasteiger partial charge < -0.3 is 0 Å². The van der Waals surface area contributed by atoms with Crippen molar-refractivity contribution in [2.75, 3.05) is 6.54 Å². The van der Waals surface area contributed by atoms with Gasteiger partial charge in [-0.15, -0.1) is 0 Å². The summed E-state index contributed by atoms with van der Waals surface area (Å²) in [5.74, 6) is -0.944. The Morgan fingerprint density at radius 1 is 0.971 bits per heavy atom. The van der Waals surface area contributed by atoms with Crippen molar-refractivity contribution in [2.45, 2.75) is 46.5 Å². The number of hydrogen-bond acceptors (Lipinski definition) is 3. The molecule has 3 aromatic rings. The number of nitrogens with zero attached hydrogens (tertiary/aromatic N) is 3. The Hall–Kier alpha value is -3.45. The van der Waals surface area contributed by atoms with E-state index in [4.69, 9.17) is 11.6 Å². The van der Waals surface area contributed by atoms with E-state index in [0.717, 1.165) is 12.0 Å². The summed E-state index contributed by atoms with van der Waals surface area (Å²) in [6.07, 6.45) is 5.02. The molecule has 1 aliphatic heterocycles. The van der Waals surface area contributed by atoms with Crippen LogP contribution in [0.25, 0.3) is 17.0 Å². The van der Waals surface area contributed by atoms with E-state index in [-0.39, 0.29) is 34.9 Å². The number of benzene rings is 1. The summed E-state index contributed by atoms with van der Waals surface area (Å²) in [4.78, 5) is 42.0. The maximum Gasteiger partial charge on any atom is 0.326 e. The van der Waals surface area contributed by atoms with Gasteiger partial charge in [-0.3, -0.25) is 24.4 Å². The van der Waals surface area contributed by atoms with Crippen molar-refractivity contribution in [3.63, 3.8) is 0 Å². The molecule has 0 fully saturated rings. The average Bonchev–Trinajstić information content (AvgIpc) is 3.29. The summed E-state index contributed by atoms with van der Waals surface area (Å²) in [7, 11) is 0. The number of halogens is 1. The molecule has 7 nitrogen and oxygen atoms in total. The van der Waals surface area contributed by atoms with Crippen LogP contribution < -0.4 is 10.1 Å². The van der Waals surface area contributed by atoms with E-state index in [1.54, 1.807) is 41.2 Å². The van der Waals surface area contributed by atoms with E-state index in [9.17, 15) is 14.4 Å². The van der Waals surface area contributed by atoms with Crippen molar-refractivity contribution < 1.29 is 14.2 Å². The molecule has 8 heteroatoms. The molecule has 0 saturated carbocycles. The molecule has 0 radical (unpaired) electrons. The zero-order valence-electron chi connectivity index (χ0n) is 19.8. The maximum atomic E-state index is 13.7. The molecule has 2 amide bonds. The minimum Gasteiger partial charge on any atom is -0.294 e. The zero-order chi connectivity index (χ0) is 24.6. The van der Waals surface area contributed by atoms with Crippen LogP contribution in [0.1, 0.15) is 56.9 Å². The third kappa shape index (κ3) is 4.01. The van der Waals surface area contributed by atoms with E-state index >= 15 is 0 Å². The molecule has 0 unspecified atom stereocenters. The van der Waals surface area contributed by atoms with Crippen LogP contribution in [-0.4, -0.2) is 33.0 Å². The molecule has 2 aromatic heterocycles. The summed E-state index contributed by atoms with van der Waals surface area (Å²) in [5.41, 5.74) is 2.46. The molecule has 0 saturated heterocycles. The van der Waals surface area contributed by atoms with Gasteiger partial charge >= 0.3 is 5.91 Å². The minimum atomic E-state index is -0.449. The Morgan fingerprint density at radius 3 is 2.18 bits per heavy atom. The maximum absolute atomic E-state index is 13.7. The number of nitrogens with one attached hydrogen (secondary N) is 1. The summed E-state index contributed by atoms with van der Waals surface area (Å²) in [5, 5.41) is 3.72. The average molecular weight is 480 g/mol. The molecule has 4 rings (SSSR count). The highest BCUT2D eigenvalue weighted by molar-refractivity contribution is 6.44. The number of amides is 2. The van der Waals surface area contributed by atoms with Gasteiger partial charge in [-0.1, -0.05) is 39.3 Å². The van der Waals surface area contributed by atoms with Crippen LogP contribution >= 0.6 is 11.6 Å². The summed E-state index contributed by atoms with van der Waals surface area (Å²) < 4.78 is 3.05. The number of carbonyl (C=O) groups excluding carboxylic acids is 2. The lowest BCUT2D eigenvalue weighted by Gasteiger charge is -2.12. The van der Waals surface area contributed by atoms with Gasteiger partial charge in [0.05, 0.1) is 11.3 Å². The predicted octanol–water partition coefficient (Wildman–Crippen LogP) is 3.94. The molecule has 1 aromatic carbocycles. The number of aryl methyl sites for hydroxylation is 1. The Morgan fingerprint density at radius 2 is 1.62 bits per heavy atom. The lowest BCUT2D eigenvalue weighted by atomic mass is 9.98. The molecule has 176 valence electrons. The quantitative estimate of drug-likeness (QED) is 0.412. The van der Waals surface area contributed by atoms with E-state index in [1.165, 1.54) is 9.58 Å². The van der Waals surface area contributed by atoms with Crippen molar-refractivity contribution in [2.24, 2.45) is 0 Å².